The summed E-state index contributed by atoms with van der Waals surface area (Å²) in [7, 11) is -3.43. The van der Waals surface area contributed by atoms with Crippen LogP contribution in [0.4, 0.5) is 28.8 Å². The molecule has 0 aliphatic heterocycles. The molecule has 0 saturated heterocycles. The molecular weight excluding hydrogens is 543 g/mol. The zero-order chi connectivity index (χ0) is 22.7. The fourth-order valence-electron chi connectivity index (χ4n) is 2.86. The second kappa shape index (κ2) is 9.08. The van der Waals surface area contributed by atoms with Gasteiger partial charge >= 0.3 is 0 Å². The van der Waals surface area contributed by atoms with E-state index in [0.29, 0.717) is 29.0 Å². The topological polar surface area (TPSA) is 138 Å². The molecule has 0 bridgehead atoms. The predicted octanol–water partition coefficient (Wildman–Crippen LogP) is 4.03. The number of halogens is 1. The molecule has 32 heavy (non-hydrogen) atoms. The van der Waals surface area contributed by atoms with E-state index in [1.54, 1.807) is 30.5 Å². The Kier molecular flexibility index (Phi) is 6.23. The van der Waals surface area contributed by atoms with Gasteiger partial charge in [0.15, 0.2) is 5.82 Å². The predicted molar refractivity (Wildman–Crippen MR) is 133 cm³/mol. The van der Waals surface area contributed by atoms with E-state index in [1.807, 2.05) is 31.2 Å². The summed E-state index contributed by atoms with van der Waals surface area (Å²) in [6.07, 6.45) is 2.78. The maximum Gasteiger partial charge on any atom is 0.229 e. The SMILES string of the molecule is Cc1nc(-c2cccc(Nc3ncc(I)c(Nc4ccccc4NS(C)(=O)=O)n3)c2)n[nH]1. The lowest BCUT2D eigenvalue weighted by atomic mass is 10.2. The van der Waals surface area contributed by atoms with Gasteiger partial charge in [-0.1, -0.05) is 24.3 Å². The van der Waals surface area contributed by atoms with Crippen molar-refractivity contribution in [3.8, 4) is 11.4 Å². The van der Waals surface area contributed by atoms with Crippen LogP contribution in [0.15, 0.2) is 54.7 Å². The van der Waals surface area contributed by atoms with Crippen LogP contribution in [0.2, 0.25) is 0 Å². The molecule has 0 atom stereocenters. The van der Waals surface area contributed by atoms with E-state index in [0.717, 1.165) is 26.9 Å². The van der Waals surface area contributed by atoms with Crippen molar-refractivity contribution in [3.05, 3.63) is 64.1 Å². The first-order chi connectivity index (χ1) is 15.3. The first-order valence-electron chi connectivity index (χ1n) is 9.40. The number of H-pyrrole nitrogens is 1. The number of anilines is 5. The van der Waals surface area contributed by atoms with Crippen LogP contribution in [0.3, 0.4) is 0 Å². The summed E-state index contributed by atoms with van der Waals surface area (Å²) < 4.78 is 26.6. The molecule has 0 saturated carbocycles. The second-order valence-electron chi connectivity index (χ2n) is 6.89. The van der Waals surface area contributed by atoms with E-state index in [9.17, 15) is 8.42 Å². The highest BCUT2D eigenvalue weighted by atomic mass is 127. The number of benzene rings is 2. The Hall–Kier alpha value is -3.26. The molecule has 4 aromatic rings. The summed E-state index contributed by atoms with van der Waals surface area (Å²) in [6.45, 7) is 1.84. The van der Waals surface area contributed by atoms with Crippen molar-refractivity contribution in [2.24, 2.45) is 0 Å². The molecule has 12 heteroatoms. The number of aryl methyl sites for hydroxylation is 1. The third-order valence-electron chi connectivity index (χ3n) is 4.19. The molecular formula is C20H19IN8O2S. The smallest absolute Gasteiger partial charge is 0.229 e. The number of sulfonamides is 1. The molecule has 4 rings (SSSR count). The van der Waals surface area contributed by atoms with Gasteiger partial charge in [-0.25, -0.2) is 18.4 Å². The minimum Gasteiger partial charge on any atom is -0.337 e. The number of aromatic amines is 1. The van der Waals surface area contributed by atoms with Crippen molar-refractivity contribution >= 4 is 61.4 Å². The average Bonchev–Trinajstić information content (AvgIpc) is 3.17. The van der Waals surface area contributed by atoms with Crippen molar-refractivity contribution in [1.29, 1.82) is 0 Å². The standard InChI is InChI=1S/C20H19IN8O2S/c1-12-23-18(28-27-12)13-6-5-7-14(10-13)24-20-22-11-15(21)19(26-20)25-16-8-3-4-9-17(16)29-32(2,30)31/h3-11,29H,1-2H3,(H,23,27,28)(H2,22,24,25,26). The summed E-state index contributed by atoms with van der Waals surface area (Å²) in [6, 6.07) is 14.6. The molecule has 10 nitrogen and oxygen atoms in total. The first-order valence-corrected chi connectivity index (χ1v) is 12.4. The van der Waals surface area contributed by atoms with E-state index in [2.05, 4.69) is 63.1 Å². The van der Waals surface area contributed by atoms with Gasteiger partial charge in [-0.15, -0.1) is 0 Å². The third kappa shape index (κ3) is 5.50. The molecule has 164 valence electrons. The Bertz CT molecular complexity index is 1370. The Morgan fingerprint density at radius 1 is 1.00 bits per heavy atom. The van der Waals surface area contributed by atoms with Crippen LogP contribution in [0, 0.1) is 10.5 Å². The van der Waals surface area contributed by atoms with E-state index in [-0.39, 0.29) is 0 Å². The van der Waals surface area contributed by atoms with E-state index >= 15 is 0 Å². The lowest BCUT2D eigenvalue weighted by molar-refractivity contribution is 0.607. The zero-order valence-electron chi connectivity index (χ0n) is 17.1. The lowest BCUT2D eigenvalue weighted by Crippen LogP contribution is -2.11. The molecule has 0 aliphatic rings. The van der Waals surface area contributed by atoms with Gasteiger partial charge in [0.1, 0.15) is 11.6 Å². The second-order valence-corrected chi connectivity index (χ2v) is 9.80. The number of rotatable bonds is 7. The van der Waals surface area contributed by atoms with Gasteiger partial charge in [0.25, 0.3) is 0 Å². The number of nitrogens with zero attached hydrogens (tertiary/aromatic N) is 4. The van der Waals surface area contributed by atoms with Crippen molar-refractivity contribution in [2.45, 2.75) is 6.92 Å². The normalized spacial score (nSPS) is 11.2. The molecule has 0 amide bonds. The molecule has 2 heterocycles. The van der Waals surface area contributed by atoms with E-state index in [1.165, 1.54) is 0 Å². The summed E-state index contributed by atoms with van der Waals surface area (Å²) in [5.41, 5.74) is 2.62. The zero-order valence-corrected chi connectivity index (χ0v) is 20.1. The summed E-state index contributed by atoms with van der Waals surface area (Å²) >= 11 is 2.12. The molecule has 2 aromatic carbocycles. The van der Waals surface area contributed by atoms with Crippen LogP contribution in [0.25, 0.3) is 11.4 Å². The Labute approximate surface area is 198 Å². The monoisotopic (exact) mass is 562 g/mol. The van der Waals surface area contributed by atoms with Crippen LogP contribution in [0.1, 0.15) is 5.82 Å². The first kappa shape index (κ1) is 22.0. The molecule has 0 aliphatic carbocycles. The van der Waals surface area contributed by atoms with Crippen molar-refractivity contribution in [2.75, 3.05) is 21.6 Å². The molecule has 0 fully saturated rings. The Morgan fingerprint density at radius 2 is 1.78 bits per heavy atom. The van der Waals surface area contributed by atoms with Gasteiger partial charge in [0.2, 0.25) is 16.0 Å². The van der Waals surface area contributed by atoms with Gasteiger partial charge < -0.3 is 10.6 Å². The largest absolute Gasteiger partial charge is 0.337 e. The number of aromatic nitrogens is 5. The molecule has 0 radical (unpaired) electrons. The minimum absolute atomic E-state index is 0.379. The quantitative estimate of drug-likeness (QED) is 0.248. The van der Waals surface area contributed by atoms with Gasteiger partial charge in [-0.2, -0.15) is 10.1 Å². The Balaban J connectivity index is 1.58. The summed E-state index contributed by atoms with van der Waals surface area (Å²) in [4.78, 5) is 13.2. The fraction of sp³-hybridized carbons (Fsp3) is 0.100. The van der Waals surface area contributed by atoms with Crippen LogP contribution >= 0.6 is 22.6 Å². The number of para-hydroxylation sites is 2. The number of hydrogen-bond donors (Lipinski definition) is 4. The third-order valence-corrected chi connectivity index (χ3v) is 5.57. The van der Waals surface area contributed by atoms with Crippen LogP contribution in [0.5, 0.6) is 0 Å². The highest BCUT2D eigenvalue weighted by Gasteiger charge is 2.11. The van der Waals surface area contributed by atoms with Crippen molar-refractivity contribution in [1.82, 2.24) is 25.1 Å². The highest BCUT2D eigenvalue weighted by molar-refractivity contribution is 14.1. The fourth-order valence-corrected chi connectivity index (χ4v) is 3.83. The number of hydrogen-bond acceptors (Lipinski definition) is 8. The van der Waals surface area contributed by atoms with Gasteiger partial charge in [-0.05, 0) is 53.8 Å². The molecule has 4 N–H and O–H groups in total. The minimum atomic E-state index is -3.43. The van der Waals surface area contributed by atoms with Crippen molar-refractivity contribution in [3.63, 3.8) is 0 Å². The van der Waals surface area contributed by atoms with Crippen LogP contribution in [-0.4, -0.2) is 39.8 Å². The molecule has 0 unspecified atom stereocenters. The van der Waals surface area contributed by atoms with Crippen LogP contribution in [-0.2, 0) is 10.0 Å². The lowest BCUT2D eigenvalue weighted by Gasteiger charge is -2.14. The maximum absolute atomic E-state index is 11.7. The van der Waals surface area contributed by atoms with E-state index < -0.39 is 10.0 Å². The highest BCUT2D eigenvalue weighted by Crippen LogP contribution is 2.28. The Morgan fingerprint density at radius 3 is 2.50 bits per heavy atom. The summed E-state index contributed by atoms with van der Waals surface area (Å²) in [5.74, 6) is 2.25. The van der Waals surface area contributed by atoms with E-state index in [4.69, 9.17) is 0 Å². The van der Waals surface area contributed by atoms with Gasteiger partial charge in [0.05, 0.1) is 21.2 Å². The van der Waals surface area contributed by atoms with Crippen LogP contribution < -0.4 is 15.4 Å². The average molecular weight is 562 g/mol. The molecule has 2 aromatic heterocycles. The number of nitrogens with one attached hydrogen (secondary N) is 4. The van der Waals surface area contributed by atoms with Gasteiger partial charge in [-0.3, -0.25) is 9.82 Å². The van der Waals surface area contributed by atoms with Crippen molar-refractivity contribution < 1.29 is 8.42 Å². The maximum atomic E-state index is 11.7. The van der Waals surface area contributed by atoms with Gasteiger partial charge in [0, 0.05) is 17.4 Å². The molecule has 0 spiro atoms. The summed E-state index contributed by atoms with van der Waals surface area (Å²) in [5, 5.41) is 13.4.